The van der Waals surface area contributed by atoms with E-state index in [9.17, 15) is 9.59 Å². The largest absolute Gasteiger partial charge is 0.454 e. The van der Waals surface area contributed by atoms with Crippen LogP contribution in [-0.4, -0.2) is 36.1 Å². The van der Waals surface area contributed by atoms with Gasteiger partial charge in [-0.3, -0.25) is 9.59 Å². The second-order valence-electron chi connectivity index (χ2n) is 6.78. The Morgan fingerprint density at radius 3 is 2.74 bits per heavy atom. The number of rotatable bonds is 6. The number of hydrogen-bond acceptors (Lipinski definition) is 4. The van der Waals surface area contributed by atoms with Crippen molar-refractivity contribution < 1.29 is 19.1 Å². The Balaban J connectivity index is 1.34. The monoisotopic (exact) mass is 366 g/mol. The van der Waals surface area contributed by atoms with Gasteiger partial charge in [0.05, 0.1) is 0 Å². The predicted octanol–water partition coefficient (Wildman–Crippen LogP) is 2.27. The van der Waals surface area contributed by atoms with Gasteiger partial charge in [0.25, 0.3) is 0 Å². The Kier molecular flexibility index (Phi) is 4.96. The van der Waals surface area contributed by atoms with Crippen LogP contribution in [0, 0.1) is 0 Å². The molecule has 1 N–H and O–H groups in total. The summed E-state index contributed by atoms with van der Waals surface area (Å²) in [5, 5.41) is 2.95. The lowest BCUT2D eigenvalue weighted by molar-refractivity contribution is -0.135. The molecule has 0 unspecified atom stereocenters. The SMILES string of the molecule is O=C(NCc1ccc2c(c1)OCO2)[C@H]1CCC(=O)N1CCc1ccccc1. The highest BCUT2D eigenvalue weighted by Gasteiger charge is 2.35. The molecular formula is C21H22N2O4. The summed E-state index contributed by atoms with van der Waals surface area (Å²) in [7, 11) is 0. The third-order valence-electron chi connectivity index (χ3n) is 5.02. The zero-order valence-corrected chi connectivity index (χ0v) is 15.0. The fourth-order valence-corrected chi connectivity index (χ4v) is 3.54. The molecule has 0 aliphatic carbocycles. The molecular weight excluding hydrogens is 344 g/mol. The Bertz CT molecular complexity index is 837. The molecule has 6 heteroatoms. The van der Waals surface area contributed by atoms with Crippen LogP contribution in [0.2, 0.25) is 0 Å². The Morgan fingerprint density at radius 2 is 1.89 bits per heavy atom. The van der Waals surface area contributed by atoms with E-state index >= 15 is 0 Å². The maximum Gasteiger partial charge on any atom is 0.243 e. The van der Waals surface area contributed by atoms with E-state index in [1.165, 1.54) is 0 Å². The van der Waals surface area contributed by atoms with Crippen molar-refractivity contribution in [2.24, 2.45) is 0 Å². The number of nitrogens with one attached hydrogen (secondary N) is 1. The number of fused-ring (bicyclic) bond motifs is 1. The van der Waals surface area contributed by atoms with Gasteiger partial charge in [0.1, 0.15) is 6.04 Å². The van der Waals surface area contributed by atoms with Crippen LogP contribution in [-0.2, 0) is 22.6 Å². The molecule has 0 bridgehead atoms. The number of nitrogens with zero attached hydrogens (tertiary/aromatic N) is 1. The quantitative estimate of drug-likeness (QED) is 0.852. The summed E-state index contributed by atoms with van der Waals surface area (Å²) in [5.41, 5.74) is 2.10. The number of carbonyl (C=O) groups excluding carboxylic acids is 2. The zero-order valence-electron chi connectivity index (χ0n) is 15.0. The van der Waals surface area contributed by atoms with Gasteiger partial charge in [0.2, 0.25) is 18.6 Å². The highest BCUT2D eigenvalue weighted by molar-refractivity contribution is 5.90. The van der Waals surface area contributed by atoms with Crippen LogP contribution in [0.1, 0.15) is 24.0 Å². The van der Waals surface area contributed by atoms with Gasteiger partial charge in [-0.05, 0) is 36.1 Å². The van der Waals surface area contributed by atoms with Crippen LogP contribution in [0.4, 0.5) is 0 Å². The van der Waals surface area contributed by atoms with Crippen LogP contribution in [0.15, 0.2) is 48.5 Å². The standard InChI is InChI=1S/C21H22N2O4/c24-20-9-7-17(23(20)11-10-15-4-2-1-3-5-15)21(25)22-13-16-6-8-18-19(12-16)27-14-26-18/h1-6,8,12,17H,7,9-11,13-14H2,(H,22,25)/t17-/m1/s1. The topological polar surface area (TPSA) is 67.9 Å². The summed E-state index contributed by atoms with van der Waals surface area (Å²) in [6.45, 7) is 1.18. The molecule has 1 fully saturated rings. The van der Waals surface area contributed by atoms with Crippen LogP contribution in [0.5, 0.6) is 11.5 Å². The first-order valence-electron chi connectivity index (χ1n) is 9.20. The van der Waals surface area contributed by atoms with E-state index in [1.807, 2.05) is 48.5 Å². The number of benzene rings is 2. The number of carbonyl (C=O) groups is 2. The normalized spacial score (nSPS) is 18.0. The molecule has 2 aliphatic heterocycles. The molecule has 2 amide bonds. The molecule has 1 saturated heterocycles. The smallest absolute Gasteiger partial charge is 0.243 e. The molecule has 6 nitrogen and oxygen atoms in total. The summed E-state index contributed by atoms with van der Waals surface area (Å²) in [6.07, 6.45) is 1.75. The minimum absolute atomic E-state index is 0.0501. The third-order valence-corrected chi connectivity index (χ3v) is 5.02. The van der Waals surface area contributed by atoms with Gasteiger partial charge in [-0.2, -0.15) is 0 Å². The lowest BCUT2D eigenvalue weighted by Gasteiger charge is -2.24. The molecule has 4 rings (SSSR count). The lowest BCUT2D eigenvalue weighted by atomic mass is 10.1. The van der Waals surface area contributed by atoms with Gasteiger partial charge < -0.3 is 19.7 Å². The summed E-state index contributed by atoms with van der Waals surface area (Å²) >= 11 is 0. The van der Waals surface area contributed by atoms with Crippen molar-refractivity contribution in [3.8, 4) is 11.5 Å². The molecule has 2 heterocycles. The average Bonchev–Trinajstić information content (AvgIpc) is 3.31. The van der Waals surface area contributed by atoms with Gasteiger partial charge in [0, 0.05) is 19.5 Å². The van der Waals surface area contributed by atoms with Crippen LogP contribution in [0.3, 0.4) is 0 Å². The van der Waals surface area contributed by atoms with Gasteiger partial charge in [0.15, 0.2) is 11.5 Å². The van der Waals surface area contributed by atoms with Crippen LogP contribution >= 0.6 is 0 Å². The summed E-state index contributed by atoms with van der Waals surface area (Å²) < 4.78 is 10.7. The first-order chi connectivity index (χ1) is 13.2. The van der Waals surface area contributed by atoms with Crippen molar-refractivity contribution in [3.63, 3.8) is 0 Å². The average molecular weight is 366 g/mol. The minimum atomic E-state index is -0.393. The lowest BCUT2D eigenvalue weighted by Crippen LogP contribution is -2.45. The van der Waals surface area contributed by atoms with Crippen molar-refractivity contribution in [2.45, 2.75) is 31.8 Å². The van der Waals surface area contributed by atoms with Crippen molar-refractivity contribution in [3.05, 3.63) is 59.7 Å². The Morgan fingerprint density at radius 1 is 1.07 bits per heavy atom. The fourth-order valence-electron chi connectivity index (χ4n) is 3.54. The summed E-state index contributed by atoms with van der Waals surface area (Å²) in [6, 6.07) is 15.2. The molecule has 2 aromatic rings. The highest BCUT2D eigenvalue weighted by Crippen LogP contribution is 2.32. The van der Waals surface area contributed by atoms with Crippen molar-refractivity contribution in [1.82, 2.24) is 10.2 Å². The summed E-state index contributed by atoms with van der Waals surface area (Å²) in [5.74, 6) is 1.36. The van der Waals surface area contributed by atoms with E-state index in [0.717, 1.165) is 23.3 Å². The van der Waals surface area contributed by atoms with Crippen LogP contribution < -0.4 is 14.8 Å². The molecule has 1 atom stereocenters. The van der Waals surface area contributed by atoms with E-state index in [-0.39, 0.29) is 18.6 Å². The highest BCUT2D eigenvalue weighted by atomic mass is 16.7. The van der Waals surface area contributed by atoms with E-state index in [1.54, 1.807) is 4.90 Å². The molecule has 0 radical (unpaired) electrons. The van der Waals surface area contributed by atoms with Crippen LogP contribution in [0.25, 0.3) is 0 Å². The van der Waals surface area contributed by atoms with Crippen molar-refractivity contribution in [1.29, 1.82) is 0 Å². The second-order valence-corrected chi connectivity index (χ2v) is 6.78. The number of likely N-dealkylation sites (tertiary alicyclic amines) is 1. The molecule has 0 spiro atoms. The zero-order chi connectivity index (χ0) is 18.6. The fraction of sp³-hybridized carbons (Fsp3) is 0.333. The van der Waals surface area contributed by atoms with E-state index < -0.39 is 6.04 Å². The number of hydrogen-bond donors (Lipinski definition) is 1. The second kappa shape index (κ2) is 7.70. The van der Waals surface area contributed by atoms with E-state index in [4.69, 9.17) is 9.47 Å². The maximum atomic E-state index is 12.7. The molecule has 0 aromatic heterocycles. The molecule has 2 aliphatic rings. The Hall–Kier alpha value is -3.02. The number of amides is 2. The maximum absolute atomic E-state index is 12.7. The Labute approximate surface area is 158 Å². The van der Waals surface area contributed by atoms with Gasteiger partial charge in [-0.1, -0.05) is 36.4 Å². The van der Waals surface area contributed by atoms with Crippen molar-refractivity contribution in [2.75, 3.05) is 13.3 Å². The van der Waals surface area contributed by atoms with Gasteiger partial charge in [-0.25, -0.2) is 0 Å². The number of ether oxygens (including phenoxy) is 2. The molecule has 27 heavy (non-hydrogen) atoms. The van der Waals surface area contributed by atoms with E-state index in [0.29, 0.717) is 31.7 Å². The van der Waals surface area contributed by atoms with Crippen molar-refractivity contribution >= 4 is 11.8 Å². The first kappa shape index (κ1) is 17.4. The molecule has 2 aromatic carbocycles. The van der Waals surface area contributed by atoms with Gasteiger partial charge in [-0.15, -0.1) is 0 Å². The minimum Gasteiger partial charge on any atom is -0.454 e. The first-order valence-corrected chi connectivity index (χ1v) is 9.20. The summed E-state index contributed by atoms with van der Waals surface area (Å²) in [4.78, 5) is 26.6. The third kappa shape index (κ3) is 3.89. The molecule has 140 valence electrons. The van der Waals surface area contributed by atoms with Gasteiger partial charge >= 0.3 is 0 Å². The predicted molar refractivity (Wildman–Crippen MR) is 99.3 cm³/mol. The van der Waals surface area contributed by atoms with E-state index in [2.05, 4.69) is 5.32 Å². The molecule has 0 saturated carbocycles.